The monoisotopic (exact) mass is 167 g/mol. The molecule has 0 aliphatic heterocycles. The zero-order chi connectivity index (χ0) is 8.27. The molecule has 0 fully saturated rings. The highest BCUT2D eigenvalue weighted by Crippen LogP contribution is 2.19. The van der Waals surface area contributed by atoms with E-state index in [2.05, 4.69) is 49.8 Å². The van der Waals surface area contributed by atoms with Gasteiger partial charge in [-0.25, -0.2) is 0 Å². The van der Waals surface area contributed by atoms with Gasteiger partial charge >= 0.3 is 0 Å². The van der Waals surface area contributed by atoms with Gasteiger partial charge < -0.3 is 0 Å². The molecular weight excluding hydrogens is 152 g/mol. The van der Waals surface area contributed by atoms with E-state index in [1.54, 1.807) is 0 Å². The predicted octanol–water partition coefficient (Wildman–Crippen LogP) is 2.63. The molecule has 11 heavy (non-hydrogen) atoms. The summed E-state index contributed by atoms with van der Waals surface area (Å²) in [5, 5.41) is 0.705. The van der Waals surface area contributed by atoms with Crippen LogP contribution in [0, 0.1) is 0 Å². The fourth-order valence-electron chi connectivity index (χ4n) is 0.996. The number of hydrogen-bond acceptors (Lipinski definition) is 0. The molecule has 1 atom stereocenters. The summed E-state index contributed by atoms with van der Waals surface area (Å²) >= 11 is 0. The molecule has 0 saturated heterocycles. The van der Waals surface area contributed by atoms with Gasteiger partial charge in [-0.2, -0.15) is 0 Å². The van der Waals surface area contributed by atoms with Crippen molar-refractivity contribution in [1.82, 2.24) is 0 Å². The summed E-state index contributed by atoms with van der Waals surface area (Å²) in [6.07, 6.45) is 4.58. The average Bonchev–Trinajstić information content (AvgIpc) is 2.05. The average molecular weight is 167 g/mol. The molecule has 1 heteroatoms. The van der Waals surface area contributed by atoms with Gasteiger partial charge in [-0.15, -0.1) is 0 Å². The van der Waals surface area contributed by atoms with Crippen LogP contribution in [0.15, 0.2) is 30.3 Å². The van der Waals surface area contributed by atoms with Crippen LogP contribution in [0.2, 0.25) is 0 Å². The van der Waals surface area contributed by atoms with Crippen molar-refractivity contribution in [3.05, 3.63) is 35.9 Å². The standard InChI is InChI=1S/C10H15S/c1-9(11(2)3)10-7-5-4-6-8-10/h4-9H,1-3H3/q+1. The lowest BCUT2D eigenvalue weighted by molar-refractivity contribution is 1.09. The minimum absolute atomic E-state index is 0.489. The van der Waals surface area contributed by atoms with Crippen LogP contribution < -0.4 is 0 Å². The molecule has 60 valence electrons. The molecule has 1 aromatic rings. The molecule has 0 spiro atoms. The second-order valence-electron chi connectivity index (χ2n) is 2.93. The smallest absolute Gasteiger partial charge is 0.0622 e. The van der Waals surface area contributed by atoms with Crippen LogP contribution in [0.25, 0.3) is 0 Å². The SMILES string of the molecule is CC(c1ccccc1)[S+](C)C. The number of rotatable bonds is 2. The zero-order valence-corrected chi connectivity index (χ0v) is 8.19. The van der Waals surface area contributed by atoms with Crippen molar-refractivity contribution in [2.75, 3.05) is 12.5 Å². The Hall–Kier alpha value is -0.430. The third-order valence-corrected chi connectivity index (χ3v) is 3.66. The van der Waals surface area contributed by atoms with Gasteiger partial charge in [-0.05, 0) is 17.8 Å². The van der Waals surface area contributed by atoms with E-state index >= 15 is 0 Å². The van der Waals surface area contributed by atoms with Crippen LogP contribution >= 0.6 is 0 Å². The van der Waals surface area contributed by atoms with Gasteiger partial charge in [-0.3, -0.25) is 0 Å². The van der Waals surface area contributed by atoms with Crippen molar-refractivity contribution in [1.29, 1.82) is 0 Å². The van der Waals surface area contributed by atoms with E-state index in [-0.39, 0.29) is 0 Å². The minimum Gasteiger partial charge on any atom is -0.0622 e. The lowest BCUT2D eigenvalue weighted by Crippen LogP contribution is -2.05. The van der Waals surface area contributed by atoms with E-state index in [0.717, 1.165) is 0 Å². The van der Waals surface area contributed by atoms with Crippen LogP contribution in [0.5, 0.6) is 0 Å². The summed E-state index contributed by atoms with van der Waals surface area (Å²) in [6, 6.07) is 10.7. The topological polar surface area (TPSA) is 0 Å². The van der Waals surface area contributed by atoms with E-state index in [0.29, 0.717) is 16.1 Å². The molecule has 1 rings (SSSR count). The third kappa shape index (κ3) is 2.26. The third-order valence-electron chi connectivity index (χ3n) is 1.98. The lowest BCUT2D eigenvalue weighted by Gasteiger charge is -2.07. The quantitative estimate of drug-likeness (QED) is 0.594. The van der Waals surface area contributed by atoms with Gasteiger partial charge in [0.05, 0.1) is 12.5 Å². The van der Waals surface area contributed by atoms with Crippen molar-refractivity contribution < 1.29 is 0 Å². The molecule has 0 nitrogen and oxygen atoms in total. The first-order chi connectivity index (χ1) is 5.22. The molecule has 0 radical (unpaired) electrons. The second kappa shape index (κ2) is 3.82. The van der Waals surface area contributed by atoms with Crippen LogP contribution in [0.3, 0.4) is 0 Å². The lowest BCUT2D eigenvalue weighted by atomic mass is 10.2. The van der Waals surface area contributed by atoms with Gasteiger partial charge in [-0.1, -0.05) is 30.3 Å². The molecule has 0 saturated carbocycles. The normalized spacial score (nSPS) is 13.5. The van der Waals surface area contributed by atoms with E-state index < -0.39 is 0 Å². The van der Waals surface area contributed by atoms with Gasteiger partial charge in [0.25, 0.3) is 0 Å². The molecule has 1 unspecified atom stereocenters. The van der Waals surface area contributed by atoms with Crippen LogP contribution in [0.1, 0.15) is 17.7 Å². The van der Waals surface area contributed by atoms with Gasteiger partial charge in [0.15, 0.2) is 0 Å². The number of benzene rings is 1. The first-order valence-corrected chi connectivity index (χ1v) is 5.93. The van der Waals surface area contributed by atoms with Gasteiger partial charge in [0.1, 0.15) is 5.25 Å². The summed E-state index contributed by atoms with van der Waals surface area (Å²) in [7, 11) is 0.489. The first kappa shape index (κ1) is 8.66. The maximum absolute atomic E-state index is 2.29. The van der Waals surface area contributed by atoms with Gasteiger partial charge in [0.2, 0.25) is 0 Å². The van der Waals surface area contributed by atoms with Crippen molar-refractivity contribution in [2.24, 2.45) is 0 Å². The van der Waals surface area contributed by atoms with Gasteiger partial charge in [0, 0.05) is 5.56 Å². The second-order valence-corrected chi connectivity index (χ2v) is 5.40. The Morgan fingerprint density at radius 1 is 1.09 bits per heavy atom. The number of hydrogen-bond donors (Lipinski definition) is 0. The molecular formula is C10H15S+. The van der Waals surface area contributed by atoms with E-state index in [4.69, 9.17) is 0 Å². The maximum atomic E-state index is 2.29. The van der Waals surface area contributed by atoms with Crippen LogP contribution in [-0.4, -0.2) is 12.5 Å². The molecule has 0 aliphatic rings. The molecule has 0 amide bonds. The highest BCUT2D eigenvalue weighted by atomic mass is 32.2. The fraction of sp³-hybridized carbons (Fsp3) is 0.400. The van der Waals surface area contributed by atoms with Crippen molar-refractivity contribution in [2.45, 2.75) is 12.2 Å². The van der Waals surface area contributed by atoms with Crippen LogP contribution in [-0.2, 0) is 10.9 Å². The predicted molar refractivity (Wildman–Crippen MR) is 54.1 cm³/mol. The molecule has 0 heterocycles. The highest BCUT2D eigenvalue weighted by Gasteiger charge is 2.16. The largest absolute Gasteiger partial charge is 0.139 e. The van der Waals surface area contributed by atoms with Crippen molar-refractivity contribution >= 4 is 10.9 Å². The van der Waals surface area contributed by atoms with Crippen LogP contribution in [0.4, 0.5) is 0 Å². The van der Waals surface area contributed by atoms with E-state index in [1.807, 2.05) is 0 Å². The van der Waals surface area contributed by atoms with Crippen molar-refractivity contribution in [3.8, 4) is 0 Å². The molecule has 0 aromatic heterocycles. The Balaban J connectivity index is 2.77. The summed E-state index contributed by atoms with van der Waals surface area (Å²) in [5.41, 5.74) is 1.46. The van der Waals surface area contributed by atoms with Crippen molar-refractivity contribution in [3.63, 3.8) is 0 Å². The molecule has 0 N–H and O–H groups in total. The molecule has 0 aliphatic carbocycles. The minimum atomic E-state index is 0.489. The fourth-order valence-corrected chi connectivity index (χ4v) is 1.70. The summed E-state index contributed by atoms with van der Waals surface area (Å²) in [4.78, 5) is 0. The summed E-state index contributed by atoms with van der Waals surface area (Å²) in [6.45, 7) is 2.29. The summed E-state index contributed by atoms with van der Waals surface area (Å²) in [5.74, 6) is 0. The summed E-state index contributed by atoms with van der Waals surface area (Å²) < 4.78 is 0. The Kier molecular flexibility index (Phi) is 3.01. The Bertz CT molecular complexity index is 203. The first-order valence-electron chi connectivity index (χ1n) is 3.83. The Morgan fingerprint density at radius 3 is 2.09 bits per heavy atom. The Labute approximate surface area is 72.0 Å². The van der Waals surface area contributed by atoms with E-state index in [9.17, 15) is 0 Å². The maximum Gasteiger partial charge on any atom is 0.139 e. The molecule has 1 aromatic carbocycles. The Morgan fingerprint density at radius 2 is 1.64 bits per heavy atom. The zero-order valence-electron chi connectivity index (χ0n) is 7.37. The highest BCUT2D eigenvalue weighted by molar-refractivity contribution is 7.95. The molecule has 0 bridgehead atoms. The van der Waals surface area contributed by atoms with E-state index in [1.165, 1.54) is 5.56 Å².